The predicted octanol–water partition coefficient (Wildman–Crippen LogP) is 9.06. The molecule has 8 aromatic rings. The first-order chi connectivity index (χ1) is 19.7. The first-order valence-electron chi connectivity index (χ1n) is 13.6. The van der Waals surface area contributed by atoms with Gasteiger partial charge >= 0.3 is 0 Å². The highest BCUT2D eigenvalue weighted by Crippen LogP contribution is 2.47. The van der Waals surface area contributed by atoms with E-state index in [1.807, 2.05) is 12.4 Å². The molecule has 0 amide bonds. The van der Waals surface area contributed by atoms with Crippen LogP contribution < -0.4 is 4.90 Å². The summed E-state index contributed by atoms with van der Waals surface area (Å²) in [7, 11) is 0. The second-order valence-corrected chi connectivity index (χ2v) is 10.6. The van der Waals surface area contributed by atoms with E-state index in [9.17, 15) is 0 Å². The number of hydrogen-bond acceptors (Lipinski definition) is 5. The molecular weight excluding hydrogens is 490 g/mol. The average molecular weight is 516 g/mol. The highest BCUT2D eigenvalue weighted by Gasteiger charge is 2.23. The molecule has 0 bridgehead atoms. The van der Waals surface area contributed by atoms with Gasteiger partial charge < -0.3 is 4.90 Å². The number of hydrogen-bond donors (Lipinski definition) is 0. The number of nitrogens with zero attached hydrogens (tertiary/aromatic N) is 5. The molecule has 0 aliphatic heterocycles. The maximum Gasteiger partial charge on any atom is 0.116 e. The molecule has 0 N–H and O–H groups in total. The third-order valence-corrected chi connectivity index (χ3v) is 8.05. The van der Waals surface area contributed by atoms with Crippen LogP contribution in [0.1, 0.15) is 25.3 Å². The Balaban J connectivity index is 1.52. The van der Waals surface area contributed by atoms with Crippen molar-refractivity contribution in [3.63, 3.8) is 0 Å². The van der Waals surface area contributed by atoms with E-state index < -0.39 is 0 Å². The summed E-state index contributed by atoms with van der Waals surface area (Å²) in [4.78, 5) is 20.4. The minimum Gasteiger partial charge on any atom is -0.305 e. The van der Waals surface area contributed by atoms with E-state index in [0.717, 1.165) is 38.9 Å². The Hall–Kier alpha value is -5.16. The van der Waals surface area contributed by atoms with Gasteiger partial charge in [0, 0.05) is 28.6 Å². The maximum absolute atomic E-state index is 4.74. The normalized spacial score (nSPS) is 12.0. The van der Waals surface area contributed by atoms with Gasteiger partial charge in [-0.05, 0) is 56.6 Å². The number of fused-ring (bicyclic) bond motifs is 2. The Morgan fingerprint density at radius 3 is 1.70 bits per heavy atom. The lowest BCUT2D eigenvalue weighted by Gasteiger charge is -2.29. The first-order valence-corrected chi connectivity index (χ1v) is 13.6. The summed E-state index contributed by atoms with van der Waals surface area (Å²) in [6, 6.07) is 30.6. The van der Waals surface area contributed by atoms with Crippen LogP contribution in [0.25, 0.3) is 54.1 Å². The van der Waals surface area contributed by atoms with Crippen molar-refractivity contribution in [2.45, 2.75) is 19.8 Å². The fraction of sp³-hybridized carbons (Fsp3) is 0.0857. The summed E-state index contributed by atoms with van der Waals surface area (Å²) in [6.45, 7) is 4.54. The van der Waals surface area contributed by atoms with Crippen LogP contribution in [0.4, 0.5) is 17.1 Å². The molecule has 2 heterocycles. The van der Waals surface area contributed by atoms with E-state index in [4.69, 9.17) is 9.97 Å². The van der Waals surface area contributed by atoms with Crippen LogP contribution in [0.2, 0.25) is 0 Å². The van der Waals surface area contributed by atoms with Crippen LogP contribution in [0.3, 0.4) is 0 Å². The molecule has 0 spiro atoms. The fourth-order valence-electron chi connectivity index (χ4n) is 6.25. The van der Waals surface area contributed by atoms with Crippen molar-refractivity contribution in [1.29, 1.82) is 0 Å². The van der Waals surface area contributed by atoms with Crippen LogP contribution in [0.15, 0.2) is 110 Å². The van der Waals surface area contributed by atoms with Gasteiger partial charge in [0.15, 0.2) is 0 Å². The Morgan fingerprint density at radius 2 is 1.07 bits per heavy atom. The van der Waals surface area contributed by atoms with Crippen molar-refractivity contribution in [3.8, 4) is 0 Å². The lowest BCUT2D eigenvalue weighted by atomic mass is 9.88. The number of aromatic nitrogens is 4. The standard InChI is InChI=1S/C35H25N5/c1-21(2)26-13-9-22-11-15-28-29(16-12-23-10-14-27(26)32(22)33(23)28)40(30-7-3-5-24-17-36-19-38-34(24)30)31-8-4-6-25-18-37-20-39-35(25)31/h3-21H,1-2H3. The molecule has 5 heteroatoms. The summed E-state index contributed by atoms with van der Waals surface area (Å²) in [5.74, 6) is 0.436. The molecule has 0 saturated heterocycles. The molecule has 0 radical (unpaired) electrons. The SMILES string of the molecule is CC(C)c1ccc2ccc3c(N(c4cccc5cncnc45)c4cccc5cncnc45)ccc4ccc1c2c43. The molecule has 0 aliphatic carbocycles. The van der Waals surface area contributed by atoms with Crippen LogP contribution in [0.5, 0.6) is 0 Å². The van der Waals surface area contributed by atoms with Crippen molar-refractivity contribution in [3.05, 3.63) is 116 Å². The average Bonchev–Trinajstić information content (AvgIpc) is 3.00. The second kappa shape index (κ2) is 8.68. The third kappa shape index (κ3) is 3.27. The van der Waals surface area contributed by atoms with Crippen LogP contribution in [0, 0.1) is 0 Å². The zero-order chi connectivity index (χ0) is 26.8. The predicted molar refractivity (Wildman–Crippen MR) is 165 cm³/mol. The minimum atomic E-state index is 0.436. The molecule has 6 aromatic carbocycles. The molecule has 0 saturated carbocycles. The first kappa shape index (κ1) is 22.8. The van der Waals surface area contributed by atoms with Gasteiger partial charge in [-0.25, -0.2) is 19.9 Å². The lowest BCUT2D eigenvalue weighted by molar-refractivity contribution is 0.877. The van der Waals surface area contributed by atoms with Gasteiger partial charge in [-0.1, -0.05) is 80.6 Å². The van der Waals surface area contributed by atoms with Gasteiger partial charge in [0.2, 0.25) is 0 Å². The Morgan fingerprint density at radius 1 is 0.525 bits per heavy atom. The smallest absolute Gasteiger partial charge is 0.116 e. The van der Waals surface area contributed by atoms with E-state index in [2.05, 4.69) is 114 Å². The lowest BCUT2D eigenvalue weighted by Crippen LogP contribution is -2.12. The molecular formula is C35H25N5. The quantitative estimate of drug-likeness (QED) is 0.219. The molecule has 0 fully saturated rings. The maximum atomic E-state index is 4.74. The summed E-state index contributed by atoms with van der Waals surface area (Å²) < 4.78 is 0. The molecule has 0 unspecified atom stereocenters. The number of anilines is 3. The van der Waals surface area contributed by atoms with Gasteiger partial charge in [-0.2, -0.15) is 0 Å². The van der Waals surface area contributed by atoms with Crippen molar-refractivity contribution < 1.29 is 0 Å². The van der Waals surface area contributed by atoms with Crippen molar-refractivity contribution in [2.24, 2.45) is 0 Å². The van der Waals surface area contributed by atoms with E-state index in [1.54, 1.807) is 12.7 Å². The third-order valence-electron chi connectivity index (χ3n) is 8.05. The molecule has 40 heavy (non-hydrogen) atoms. The molecule has 8 rings (SSSR count). The minimum absolute atomic E-state index is 0.436. The zero-order valence-electron chi connectivity index (χ0n) is 22.2. The monoisotopic (exact) mass is 515 g/mol. The Labute approximate surface area is 231 Å². The Kier molecular flexibility index (Phi) is 4.95. The molecule has 0 atom stereocenters. The molecule has 190 valence electrons. The fourth-order valence-corrected chi connectivity index (χ4v) is 6.25. The van der Waals surface area contributed by atoms with E-state index in [-0.39, 0.29) is 0 Å². The van der Waals surface area contributed by atoms with Crippen LogP contribution >= 0.6 is 0 Å². The topological polar surface area (TPSA) is 54.8 Å². The zero-order valence-corrected chi connectivity index (χ0v) is 22.2. The second-order valence-electron chi connectivity index (χ2n) is 10.6. The highest BCUT2D eigenvalue weighted by atomic mass is 15.2. The summed E-state index contributed by atoms with van der Waals surface area (Å²) in [6.07, 6.45) is 6.97. The Bertz CT molecular complexity index is 2130. The van der Waals surface area contributed by atoms with E-state index in [1.165, 1.54) is 37.9 Å². The van der Waals surface area contributed by atoms with Gasteiger partial charge in [-0.3, -0.25) is 0 Å². The molecule has 2 aromatic heterocycles. The van der Waals surface area contributed by atoms with E-state index in [0.29, 0.717) is 5.92 Å². The van der Waals surface area contributed by atoms with Gasteiger partial charge in [0.05, 0.1) is 28.1 Å². The summed E-state index contributed by atoms with van der Waals surface area (Å²) in [5.41, 5.74) is 6.18. The number of para-hydroxylation sites is 2. The van der Waals surface area contributed by atoms with Crippen LogP contribution in [-0.4, -0.2) is 19.9 Å². The van der Waals surface area contributed by atoms with Crippen molar-refractivity contribution in [2.75, 3.05) is 4.90 Å². The van der Waals surface area contributed by atoms with E-state index >= 15 is 0 Å². The highest BCUT2D eigenvalue weighted by molar-refractivity contribution is 6.26. The summed E-state index contributed by atoms with van der Waals surface area (Å²) in [5, 5.41) is 9.58. The van der Waals surface area contributed by atoms with Gasteiger partial charge in [0.1, 0.15) is 12.7 Å². The largest absolute Gasteiger partial charge is 0.305 e. The summed E-state index contributed by atoms with van der Waals surface area (Å²) >= 11 is 0. The van der Waals surface area contributed by atoms with Crippen molar-refractivity contribution in [1.82, 2.24) is 19.9 Å². The molecule has 0 aliphatic rings. The number of rotatable bonds is 4. The van der Waals surface area contributed by atoms with Gasteiger partial charge in [-0.15, -0.1) is 0 Å². The van der Waals surface area contributed by atoms with Crippen molar-refractivity contribution >= 4 is 71.2 Å². The van der Waals surface area contributed by atoms with Gasteiger partial charge in [0.25, 0.3) is 0 Å². The van der Waals surface area contributed by atoms with Crippen LogP contribution in [-0.2, 0) is 0 Å². The number of benzene rings is 6. The molecule has 5 nitrogen and oxygen atoms in total.